The lowest BCUT2D eigenvalue weighted by Crippen LogP contribution is -2.30. The Kier molecular flexibility index (Phi) is 66.6. The summed E-state index contributed by atoms with van der Waals surface area (Å²) in [5, 5.41) is 0. The van der Waals surface area contributed by atoms with Crippen molar-refractivity contribution in [2.45, 2.75) is 412 Å². The van der Waals surface area contributed by atoms with Crippen LogP contribution in [0.2, 0.25) is 0 Å². The maximum absolute atomic E-state index is 13.0. The van der Waals surface area contributed by atoms with E-state index in [1.54, 1.807) is 0 Å². The van der Waals surface area contributed by atoms with Gasteiger partial charge in [-0.2, -0.15) is 0 Å². The molecule has 0 aromatic carbocycles. The van der Waals surface area contributed by atoms with E-state index in [0.29, 0.717) is 19.3 Å². The van der Waals surface area contributed by atoms with Gasteiger partial charge in [-0.05, 0) is 70.6 Å². The molecule has 0 saturated heterocycles. The van der Waals surface area contributed by atoms with E-state index < -0.39 is 6.10 Å². The molecule has 0 bridgehead atoms. The van der Waals surface area contributed by atoms with Crippen molar-refractivity contribution in [3.63, 3.8) is 0 Å². The van der Waals surface area contributed by atoms with Crippen LogP contribution >= 0.6 is 0 Å². The smallest absolute Gasteiger partial charge is 0.306 e. The van der Waals surface area contributed by atoms with Crippen molar-refractivity contribution < 1.29 is 28.6 Å². The van der Waals surface area contributed by atoms with E-state index in [0.717, 1.165) is 57.8 Å². The molecule has 0 spiro atoms. The fourth-order valence-electron chi connectivity index (χ4n) is 11.0. The van der Waals surface area contributed by atoms with Gasteiger partial charge in [0.1, 0.15) is 13.2 Å². The van der Waals surface area contributed by atoms with Crippen LogP contribution in [0.4, 0.5) is 0 Å². The highest BCUT2D eigenvalue weighted by Gasteiger charge is 2.19. The van der Waals surface area contributed by atoms with Crippen molar-refractivity contribution in [3.05, 3.63) is 24.3 Å². The second kappa shape index (κ2) is 68.4. The summed E-state index contributed by atoms with van der Waals surface area (Å²) in [6.45, 7) is 6.72. The van der Waals surface area contributed by atoms with Crippen LogP contribution in [0.25, 0.3) is 0 Å². The Labute approximate surface area is 493 Å². The molecule has 0 amide bonds. The molecule has 79 heavy (non-hydrogen) atoms. The van der Waals surface area contributed by atoms with Gasteiger partial charge in [0, 0.05) is 19.3 Å². The molecule has 0 fully saturated rings. The molecule has 0 aliphatic rings. The van der Waals surface area contributed by atoms with Gasteiger partial charge in [0.2, 0.25) is 0 Å². The molecular weight excluding hydrogens is 973 g/mol. The molecule has 0 saturated carbocycles. The largest absolute Gasteiger partial charge is 0.462 e. The molecule has 0 radical (unpaired) electrons. The first-order valence-corrected chi connectivity index (χ1v) is 35.8. The van der Waals surface area contributed by atoms with E-state index in [-0.39, 0.29) is 31.1 Å². The quantitative estimate of drug-likeness (QED) is 0.0261. The Bertz CT molecular complexity index is 1270. The Balaban J connectivity index is 4.28. The van der Waals surface area contributed by atoms with Crippen LogP contribution in [0.3, 0.4) is 0 Å². The first kappa shape index (κ1) is 76.9. The van der Waals surface area contributed by atoms with Crippen LogP contribution < -0.4 is 0 Å². The molecule has 0 heterocycles. The fraction of sp³-hybridized carbons (Fsp3) is 0.904. The lowest BCUT2D eigenvalue weighted by Gasteiger charge is -2.18. The predicted molar refractivity (Wildman–Crippen MR) is 344 cm³/mol. The van der Waals surface area contributed by atoms with Gasteiger partial charge in [-0.25, -0.2) is 0 Å². The summed E-state index contributed by atoms with van der Waals surface area (Å²) in [7, 11) is 0. The van der Waals surface area contributed by atoms with Gasteiger partial charge in [0.05, 0.1) is 0 Å². The third kappa shape index (κ3) is 66.6. The second-order valence-electron chi connectivity index (χ2n) is 24.5. The summed E-state index contributed by atoms with van der Waals surface area (Å²) < 4.78 is 17.0. The molecule has 0 rings (SSSR count). The number of unbranched alkanes of at least 4 members (excludes halogenated alkanes) is 52. The third-order valence-electron chi connectivity index (χ3n) is 16.4. The van der Waals surface area contributed by atoms with Gasteiger partial charge >= 0.3 is 17.9 Å². The van der Waals surface area contributed by atoms with E-state index in [1.165, 1.54) is 308 Å². The molecule has 466 valence electrons. The van der Waals surface area contributed by atoms with Crippen LogP contribution in [0.5, 0.6) is 0 Å². The molecule has 0 aliphatic carbocycles. The number of hydrogen-bond donors (Lipinski definition) is 0. The Morgan fingerprint density at radius 3 is 0.633 bits per heavy atom. The zero-order valence-electron chi connectivity index (χ0n) is 53.7. The number of allylic oxidation sites excluding steroid dienone is 4. The summed E-state index contributed by atoms with van der Waals surface area (Å²) in [5.74, 6) is -0.841. The van der Waals surface area contributed by atoms with E-state index in [9.17, 15) is 14.4 Å². The predicted octanol–water partition coefficient (Wildman–Crippen LogP) is 24.6. The van der Waals surface area contributed by atoms with Gasteiger partial charge in [-0.1, -0.05) is 340 Å². The van der Waals surface area contributed by atoms with Crippen molar-refractivity contribution in [3.8, 4) is 0 Å². The first-order chi connectivity index (χ1) is 39.0. The number of rotatable bonds is 67. The number of esters is 3. The maximum Gasteiger partial charge on any atom is 0.306 e. The average Bonchev–Trinajstić information content (AvgIpc) is 3.45. The highest BCUT2D eigenvalue weighted by molar-refractivity contribution is 5.71. The van der Waals surface area contributed by atoms with Crippen molar-refractivity contribution >= 4 is 17.9 Å². The van der Waals surface area contributed by atoms with Crippen molar-refractivity contribution in [1.82, 2.24) is 0 Å². The SMILES string of the molecule is CCCCCCCC/C=C\CCCCCCCCCCCC(=O)OC(COC(=O)CCCCCCCCC/C=C\CCCCCCCCC)COC(=O)CCCCCCCCCCCCCCCCCCCCCCCCCC. The Morgan fingerprint density at radius 1 is 0.241 bits per heavy atom. The molecule has 0 aliphatic heterocycles. The molecule has 0 aromatic heterocycles. The minimum Gasteiger partial charge on any atom is -0.462 e. The van der Waals surface area contributed by atoms with Gasteiger partial charge in [0.15, 0.2) is 6.10 Å². The first-order valence-electron chi connectivity index (χ1n) is 35.8. The van der Waals surface area contributed by atoms with Gasteiger partial charge in [-0.3, -0.25) is 14.4 Å². The molecule has 1 atom stereocenters. The topological polar surface area (TPSA) is 78.9 Å². The highest BCUT2D eigenvalue weighted by Crippen LogP contribution is 2.19. The zero-order valence-corrected chi connectivity index (χ0v) is 53.7. The van der Waals surface area contributed by atoms with Gasteiger partial charge in [-0.15, -0.1) is 0 Å². The summed E-state index contributed by atoms with van der Waals surface area (Å²) in [6.07, 6.45) is 83.5. The Morgan fingerprint density at radius 2 is 0.418 bits per heavy atom. The van der Waals surface area contributed by atoms with E-state index in [1.807, 2.05) is 0 Å². The molecule has 0 N–H and O–H groups in total. The second-order valence-corrected chi connectivity index (χ2v) is 24.5. The standard InChI is InChI=1S/C73H138O6/c1-4-7-10-13-16-19-22-25-28-31-34-35-36-37-38-40-42-45-48-51-54-57-60-63-66-72(75)78-69-70(68-77-71(74)65-62-59-56-53-50-47-44-41-33-30-27-24-21-18-15-12-9-6-3)79-73(76)67-64-61-58-55-52-49-46-43-39-32-29-26-23-20-17-14-11-8-5-2/h26,29-30,33,70H,4-25,27-28,31-32,34-69H2,1-3H3/b29-26-,33-30-. The number of carbonyl (C=O) groups excluding carboxylic acids is 3. The maximum atomic E-state index is 13.0. The number of hydrogen-bond acceptors (Lipinski definition) is 6. The normalized spacial score (nSPS) is 12.1. The van der Waals surface area contributed by atoms with Crippen molar-refractivity contribution in [1.29, 1.82) is 0 Å². The molecule has 6 nitrogen and oxygen atoms in total. The van der Waals surface area contributed by atoms with Crippen LogP contribution in [0, 0.1) is 0 Å². The summed E-state index contributed by atoms with van der Waals surface area (Å²) in [5.41, 5.74) is 0. The molecule has 6 heteroatoms. The summed E-state index contributed by atoms with van der Waals surface area (Å²) in [4.78, 5) is 38.5. The average molecular weight is 1110 g/mol. The molecule has 1 unspecified atom stereocenters. The lowest BCUT2D eigenvalue weighted by atomic mass is 10.0. The fourth-order valence-corrected chi connectivity index (χ4v) is 11.0. The van der Waals surface area contributed by atoms with Gasteiger partial charge < -0.3 is 14.2 Å². The minimum atomic E-state index is -0.773. The molecular formula is C73H138O6. The van der Waals surface area contributed by atoms with Crippen LogP contribution in [-0.2, 0) is 28.6 Å². The zero-order chi connectivity index (χ0) is 57.1. The summed E-state index contributed by atoms with van der Waals surface area (Å²) in [6, 6.07) is 0. The minimum absolute atomic E-state index is 0.0677. The van der Waals surface area contributed by atoms with E-state index in [2.05, 4.69) is 45.1 Å². The van der Waals surface area contributed by atoms with Crippen LogP contribution in [0.15, 0.2) is 24.3 Å². The van der Waals surface area contributed by atoms with E-state index in [4.69, 9.17) is 14.2 Å². The van der Waals surface area contributed by atoms with Crippen LogP contribution in [-0.4, -0.2) is 37.2 Å². The van der Waals surface area contributed by atoms with Crippen LogP contribution in [0.1, 0.15) is 406 Å². The monoisotopic (exact) mass is 1110 g/mol. The number of carbonyl (C=O) groups is 3. The van der Waals surface area contributed by atoms with Crippen molar-refractivity contribution in [2.75, 3.05) is 13.2 Å². The highest BCUT2D eigenvalue weighted by atomic mass is 16.6. The lowest BCUT2D eigenvalue weighted by molar-refractivity contribution is -0.167. The Hall–Kier alpha value is -2.11. The van der Waals surface area contributed by atoms with Gasteiger partial charge in [0.25, 0.3) is 0 Å². The van der Waals surface area contributed by atoms with Crippen molar-refractivity contribution in [2.24, 2.45) is 0 Å². The molecule has 0 aromatic rings. The van der Waals surface area contributed by atoms with E-state index >= 15 is 0 Å². The third-order valence-corrected chi connectivity index (χ3v) is 16.4. The number of ether oxygens (including phenoxy) is 3. The summed E-state index contributed by atoms with van der Waals surface area (Å²) >= 11 is 0.